The third-order valence-corrected chi connectivity index (χ3v) is 16.9. The van der Waals surface area contributed by atoms with Gasteiger partial charge in [-0.2, -0.15) is 0 Å². The lowest BCUT2D eigenvalue weighted by atomic mass is 9.95. The van der Waals surface area contributed by atoms with Crippen LogP contribution in [0.25, 0.3) is 0 Å². The van der Waals surface area contributed by atoms with E-state index in [1.54, 1.807) is 20.8 Å². The van der Waals surface area contributed by atoms with Gasteiger partial charge in [-0.05, 0) is 40.2 Å². The number of carbonyl (C=O) groups excluding carboxylic acids is 1. The molecule has 530 valence electrons. The summed E-state index contributed by atoms with van der Waals surface area (Å²) in [6.07, 6.45) is -67.8. The number of amides is 1. The maximum atomic E-state index is 12.1. The average molecular weight is 1330 g/mol. The molecule has 0 saturated carbocycles. The van der Waals surface area contributed by atoms with Crippen molar-refractivity contribution in [2.45, 2.75) is 267 Å². The lowest BCUT2D eigenvalue weighted by Gasteiger charge is -2.50. The van der Waals surface area contributed by atoms with E-state index in [1.807, 2.05) is 0 Å². The minimum absolute atomic E-state index is 0.255. The number of ether oxygens (including phenoxy) is 15. The summed E-state index contributed by atoms with van der Waals surface area (Å²) in [5.41, 5.74) is -0.684. The van der Waals surface area contributed by atoms with Gasteiger partial charge in [0.25, 0.3) is 0 Å². The zero-order valence-corrected chi connectivity index (χ0v) is 49.9. The van der Waals surface area contributed by atoms with Crippen molar-refractivity contribution in [3.8, 4) is 0 Å². The predicted molar refractivity (Wildman–Crippen MR) is 287 cm³/mol. The highest BCUT2D eigenvalue weighted by atomic mass is 16.8. The van der Waals surface area contributed by atoms with Crippen molar-refractivity contribution in [1.29, 1.82) is 0 Å². The average Bonchev–Trinajstić information content (AvgIpc) is 0.801. The van der Waals surface area contributed by atoms with Crippen LogP contribution >= 0.6 is 0 Å². The van der Waals surface area contributed by atoms with E-state index in [0.29, 0.717) is 32.2 Å². The fourth-order valence-electron chi connectivity index (χ4n) is 11.9. The van der Waals surface area contributed by atoms with Crippen LogP contribution in [0.5, 0.6) is 0 Å². The van der Waals surface area contributed by atoms with Gasteiger partial charge in [-0.1, -0.05) is 12.8 Å². The van der Waals surface area contributed by atoms with E-state index in [-0.39, 0.29) is 13.1 Å². The van der Waals surface area contributed by atoms with E-state index in [2.05, 4.69) is 10.6 Å². The van der Waals surface area contributed by atoms with Gasteiger partial charge < -0.3 is 184 Å². The van der Waals surface area contributed by atoms with Crippen LogP contribution in [0.2, 0.25) is 0 Å². The fourth-order valence-corrected chi connectivity index (χ4v) is 11.9. The summed E-state index contributed by atoms with van der Waals surface area (Å²) in [4.78, 5) is 12.1. The number of nitrogens with one attached hydrogen (secondary N) is 2. The Hall–Kier alpha value is -2.13. The standard InChI is InChI=1S/C53H92N2O36/c1-53(2,3)91-52(76)55-9-7-5-4-6-8-54-10-17-38-24(62)31(69)45(77-17)85-39-18(11-56)79-47(33(71)26(39)64)87-41-20(13-58)81-49(35(73)28(41)66)89-43-22(15-60)83-51(37(75)30(43)68)90-44-23(16-61)82-50(36(74)29(44)67)88-42-21(14-59)80-48(34(72)27(42)65)86-40-19(12-57)78-46(84-38)32(70)25(40)63/h17-51,54,56-75H,4-16H2,1-3H3,(H,55,76)/t17-,18+,19-,20+,21-,22+,23-,24+,25+,26+,27+,28-,29+,30+,31+,32+,33-,34+,35-,36+,37+,38+,39+,40+,41+,42+,43+,44+,45+,46+,47+,48+,49+,50+,51+/m0/s1. The largest absolute Gasteiger partial charge is 0.444 e. The molecule has 21 aliphatic heterocycles. The van der Waals surface area contributed by atoms with Gasteiger partial charge in [-0.15, -0.1) is 0 Å². The molecule has 38 nitrogen and oxygen atoms in total. The molecule has 21 heterocycles. The Morgan fingerprint density at radius 2 is 0.516 bits per heavy atom. The summed E-state index contributed by atoms with van der Waals surface area (Å²) in [7, 11) is 0. The Kier molecular flexibility index (Phi) is 27.0. The van der Waals surface area contributed by atoms with E-state index in [1.165, 1.54) is 0 Å². The van der Waals surface area contributed by atoms with Crippen LogP contribution in [-0.2, 0) is 71.1 Å². The zero-order chi connectivity index (χ0) is 66.5. The molecule has 35 atom stereocenters. The third-order valence-electron chi connectivity index (χ3n) is 16.9. The van der Waals surface area contributed by atoms with E-state index in [4.69, 9.17) is 71.1 Å². The number of aliphatic hydroxyl groups is 20. The van der Waals surface area contributed by atoms with Crippen LogP contribution < -0.4 is 10.6 Å². The molecule has 21 rings (SSSR count). The molecule has 0 aliphatic carbocycles. The maximum absolute atomic E-state index is 12.1. The summed E-state index contributed by atoms with van der Waals surface area (Å²) in [6.45, 7) is -0.710. The third kappa shape index (κ3) is 17.1. The molecule has 0 aromatic carbocycles. The Bertz CT molecular complexity index is 2190. The molecular weight excluding hydrogens is 1240 g/mol. The molecule has 0 aromatic rings. The highest BCUT2D eigenvalue weighted by Gasteiger charge is 2.59. The van der Waals surface area contributed by atoms with Crippen molar-refractivity contribution in [3.05, 3.63) is 0 Å². The number of alkyl carbamates (subject to hydrolysis) is 1. The van der Waals surface area contributed by atoms with Crippen LogP contribution in [-0.4, -0.2) is 388 Å². The van der Waals surface area contributed by atoms with Crippen molar-refractivity contribution in [2.75, 3.05) is 59.3 Å². The van der Waals surface area contributed by atoms with Crippen molar-refractivity contribution >= 4 is 6.09 Å². The number of hydrogen-bond donors (Lipinski definition) is 22. The molecule has 1 amide bonds. The summed E-state index contributed by atoms with van der Waals surface area (Å²) in [5, 5.41) is 230. The van der Waals surface area contributed by atoms with Gasteiger partial charge in [0.1, 0.15) is 177 Å². The van der Waals surface area contributed by atoms with Gasteiger partial charge in [-0.25, -0.2) is 4.79 Å². The zero-order valence-electron chi connectivity index (χ0n) is 49.9. The molecule has 21 saturated heterocycles. The second kappa shape index (κ2) is 32.9. The quantitative estimate of drug-likeness (QED) is 0.0677. The normalized spacial score (nSPS) is 48.8. The number of rotatable bonds is 15. The molecule has 38 heteroatoms. The Balaban J connectivity index is 1.05. The Morgan fingerprint density at radius 1 is 0.308 bits per heavy atom. The SMILES string of the molecule is CC(C)(C)OC(=O)NCCCCCCNC[C@@H]1O[C@@H]2O[C@H]3[C@H](O)[C@H](O)[C@@H](O[C@H]4[C@@H](O)[C@H](O)[C@@H](O[C@H]5[C@H](O)[C@@H](O)[C@@H](O[C@H]6[C@H](O)[C@@H](O)[C@@H](O[C@H]7[C@H](O)[C@@H](O)[C@@H](O[C@H]8[C@H](O)[C@@H](O)[C@@H](O[C@H]1[C@H](O)[C@H]2O)O[C@H]8CO)O[C@H]7CO)O[C@H]6CO)O[C@@H]5CO)O[C@@H]4CO)O[C@@H]3CO. The summed E-state index contributed by atoms with van der Waals surface area (Å²) in [5.74, 6) is 0. The minimum atomic E-state index is -2.21. The van der Waals surface area contributed by atoms with Crippen molar-refractivity contribution in [1.82, 2.24) is 10.6 Å². The van der Waals surface area contributed by atoms with Gasteiger partial charge >= 0.3 is 6.09 Å². The first-order chi connectivity index (χ1) is 43.2. The number of unbranched alkanes of at least 4 members (excludes halogenated alkanes) is 3. The highest BCUT2D eigenvalue weighted by Crippen LogP contribution is 2.39. The highest BCUT2D eigenvalue weighted by molar-refractivity contribution is 5.67. The molecule has 22 N–H and O–H groups in total. The van der Waals surface area contributed by atoms with Crippen molar-refractivity contribution in [3.63, 3.8) is 0 Å². The van der Waals surface area contributed by atoms with Crippen LogP contribution in [0.15, 0.2) is 0 Å². The lowest BCUT2D eigenvalue weighted by Crippen LogP contribution is -2.68. The van der Waals surface area contributed by atoms with Crippen LogP contribution in [0.4, 0.5) is 4.79 Å². The Morgan fingerprint density at radius 3 is 0.736 bits per heavy atom. The van der Waals surface area contributed by atoms with E-state index < -0.39 is 266 Å². The van der Waals surface area contributed by atoms with Crippen LogP contribution in [0, 0.1) is 0 Å². The van der Waals surface area contributed by atoms with E-state index in [9.17, 15) is 107 Å². The van der Waals surface area contributed by atoms with Crippen LogP contribution in [0.1, 0.15) is 46.5 Å². The smallest absolute Gasteiger partial charge is 0.407 e. The molecule has 14 bridgehead atoms. The monoisotopic (exact) mass is 1330 g/mol. The topological polar surface area (TPSA) is 584 Å². The van der Waals surface area contributed by atoms with Gasteiger partial charge in [0.15, 0.2) is 44.0 Å². The number of carbonyl (C=O) groups is 1. The molecular formula is C53H92N2O36. The second-order valence-electron chi connectivity index (χ2n) is 24.5. The molecule has 0 aromatic heterocycles. The van der Waals surface area contributed by atoms with E-state index >= 15 is 0 Å². The maximum Gasteiger partial charge on any atom is 0.407 e. The van der Waals surface area contributed by atoms with Crippen molar-refractivity contribution in [2.24, 2.45) is 0 Å². The van der Waals surface area contributed by atoms with E-state index in [0.717, 1.165) is 0 Å². The molecule has 21 fully saturated rings. The molecule has 91 heavy (non-hydrogen) atoms. The minimum Gasteiger partial charge on any atom is -0.444 e. The molecule has 0 spiro atoms. The first kappa shape index (κ1) is 74.7. The van der Waals surface area contributed by atoms with Gasteiger partial charge in [0.05, 0.1) is 39.6 Å². The fraction of sp³-hybridized carbons (Fsp3) is 0.981. The summed E-state index contributed by atoms with van der Waals surface area (Å²) < 4.78 is 86.8. The predicted octanol–water partition coefficient (Wildman–Crippen LogP) is -12.5. The van der Waals surface area contributed by atoms with Gasteiger partial charge in [0, 0.05) is 13.1 Å². The van der Waals surface area contributed by atoms with Crippen LogP contribution in [0.3, 0.4) is 0 Å². The summed E-state index contributed by atoms with van der Waals surface area (Å²) in [6, 6.07) is 0. The lowest BCUT2D eigenvalue weighted by molar-refractivity contribution is -0.396. The second-order valence-corrected chi connectivity index (χ2v) is 24.5. The van der Waals surface area contributed by atoms with Gasteiger partial charge in [-0.3, -0.25) is 0 Å². The molecule has 0 radical (unpaired) electrons. The van der Waals surface area contributed by atoms with Crippen molar-refractivity contribution < 1.29 is 178 Å². The van der Waals surface area contributed by atoms with Gasteiger partial charge in [0.2, 0.25) is 0 Å². The Labute approximate surface area is 520 Å². The number of hydrogen-bond acceptors (Lipinski definition) is 37. The first-order valence-corrected chi connectivity index (χ1v) is 30.2. The first-order valence-electron chi connectivity index (χ1n) is 30.2. The molecule has 0 unspecified atom stereocenters. The number of aliphatic hydroxyl groups excluding tert-OH is 20. The molecule has 21 aliphatic rings. The summed E-state index contributed by atoms with van der Waals surface area (Å²) >= 11 is 0.